The van der Waals surface area contributed by atoms with Crippen molar-refractivity contribution >= 4 is 23.3 Å². The molecule has 8 heteroatoms. The number of fused-ring (bicyclic) bond motifs is 1. The molecule has 37 heavy (non-hydrogen) atoms. The summed E-state index contributed by atoms with van der Waals surface area (Å²) in [5.74, 6) is -0.361. The number of amides is 2. The average Bonchev–Trinajstić information content (AvgIpc) is 3.47. The van der Waals surface area contributed by atoms with Crippen LogP contribution in [-0.4, -0.2) is 91.5 Å². The molecule has 204 valence electrons. The first kappa shape index (κ1) is 27.6. The van der Waals surface area contributed by atoms with Gasteiger partial charge in [0.25, 0.3) is 5.91 Å². The maximum Gasteiger partial charge on any atom is 0.251 e. The molecule has 3 saturated heterocycles. The highest BCUT2D eigenvalue weighted by Gasteiger charge is 2.53. The molecule has 8 nitrogen and oxygen atoms in total. The van der Waals surface area contributed by atoms with Gasteiger partial charge in [-0.25, -0.2) is 0 Å². The van der Waals surface area contributed by atoms with Gasteiger partial charge in [-0.05, 0) is 55.5 Å². The van der Waals surface area contributed by atoms with Crippen molar-refractivity contribution in [3.63, 3.8) is 0 Å². The predicted octanol–water partition coefficient (Wildman–Crippen LogP) is 2.96. The Labute approximate surface area is 221 Å². The molecule has 0 bridgehead atoms. The van der Waals surface area contributed by atoms with E-state index < -0.39 is 17.5 Å². The number of anilines is 1. The van der Waals surface area contributed by atoms with Gasteiger partial charge in [-0.15, -0.1) is 0 Å². The van der Waals surface area contributed by atoms with Crippen LogP contribution < -0.4 is 10.2 Å². The van der Waals surface area contributed by atoms with Crippen molar-refractivity contribution in [2.75, 3.05) is 50.8 Å². The fourth-order valence-electron chi connectivity index (χ4n) is 5.89. The minimum atomic E-state index is -0.735. The second kappa shape index (κ2) is 11.5. The van der Waals surface area contributed by atoms with E-state index in [0.29, 0.717) is 18.5 Å². The third-order valence-corrected chi connectivity index (χ3v) is 8.72. The van der Waals surface area contributed by atoms with Crippen LogP contribution in [0.2, 0.25) is 0 Å². The molecule has 4 atom stereocenters. The molecule has 3 aliphatic heterocycles. The normalized spacial score (nSPS) is 25.3. The van der Waals surface area contributed by atoms with Gasteiger partial charge in [-0.2, -0.15) is 0 Å². The summed E-state index contributed by atoms with van der Waals surface area (Å²) in [5.41, 5.74) is 1.17. The van der Waals surface area contributed by atoms with E-state index in [0.717, 1.165) is 44.8 Å². The van der Waals surface area contributed by atoms with Crippen molar-refractivity contribution in [3.05, 3.63) is 29.8 Å². The summed E-state index contributed by atoms with van der Waals surface area (Å²) >= 11 is 0. The first-order chi connectivity index (χ1) is 17.7. The van der Waals surface area contributed by atoms with Crippen LogP contribution in [0.3, 0.4) is 0 Å². The number of ketones is 1. The number of nitrogens with zero attached hydrogens (tertiary/aromatic N) is 3. The summed E-state index contributed by atoms with van der Waals surface area (Å²) in [5, 5.41) is 3.05. The maximum atomic E-state index is 13.9. The first-order valence-electron chi connectivity index (χ1n) is 14.0. The number of rotatable bonds is 9. The highest BCUT2D eigenvalue weighted by atomic mass is 16.5. The van der Waals surface area contributed by atoms with Crippen LogP contribution in [0.5, 0.6) is 0 Å². The van der Waals surface area contributed by atoms with Gasteiger partial charge in [-0.1, -0.05) is 34.6 Å². The minimum absolute atomic E-state index is 0.0419. The predicted molar refractivity (Wildman–Crippen MR) is 145 cm³/mol. The molecule has 0 aromatic heterocycles. The molecule has 1 N–H and O–H groups in total. The average molecular weight is 513 g/mol. The molecule has 0 unspecified atom stereocenters. The number of benzene rings is 1. The fourth-order valence-corrected chi connectivity index (χ4v) is 5.89. The topological polar surface area (TPSA) is 82.2 Å². The lowest BCUT2D eigenvalue weighted by Crippen LogP contribution is -2.57. The Morgan fingerprint density at radius 1 is 1.08 bits per heavy atom. The molecule has 0 radical (unpaired) electrons. The lowest BCUT2D eigenvalue weighted by molar-refractivity contribution is -0.140. The van der Waals surface area contributed by atoms with Crippen LogP contribution in [0, 0.1) is 11.3 Å². The number of ether oxygens (including phenoxy) is 1. The Morgan fingerprint density at radius 3 is 2.35 bits per heavy atom. The van der Waals surface area contributed by atoms with E-state index in [4.69, 9.17) is 4.74 Å². The van der Waals surface area contributed by atoms with Crippen LogP contribution in [-0.2, 0) is 14.3 Å². The van der Waals surface area contributed by atoms with Crippen molar-refractivity contribution in [2.24, 2.45) is 11.3 Å². The smallest absolute Gasteiger partial charge is 0.251 e. The molecular formula is C29H44N4O4. The monoisotopic (exact) mass is 512 g/mol. The molecule has 3 heterocycles. The molecule has 1 aromatic rings. The summed E-state index contributed by atoms with van der Waals surface area (Å²) in [4.78, 5) is 46.4. The van der Waals surface area contributed by atoms with Crippen molar-refractivity contribution < 1.29 is 19.1 Å². The summed E-state index contributed by atoms with van der Waals surface area (Å²) in [6, 6.07) is 6.41. The van der Waals surface area contributed by atoms with Crippen molar-refractivity contribution in [2.45, 2.75) is 72.1 Å². The van der Waals surface area contributed by atoms with Crippen molar-refractivity contribution in [1.29, 1.82) is 0 Å². The van der Waals surface area contributed by atoms with E-state index >= 15 is 0 Å². The Kier molecular flexibility index (Phi) is 8.59. The number of carbonyl (C=O) groups is 3. The number of nitrogens with one attached hydrogen (secondary N) is 1. The Balaban J connectivity index is 1.46. The van der Waals surface area contributed by atoms with Gasteiger partial charge >= 0.3 is 0 Å². The zero-order valence-electron chi connectivity index (χ0n) is 23.2. The number of hydrogen-bond acceptors (Lipinski definition) is 6. The van der Waals surface area contributed by atoms with Gasteiger partial charge < -0.3 is 19.9 Å². The number of likely N-dealkylation sites (tertiary alicyclic amines) is 1. The van der Waals surface area contributed by atoms with Gasteiger partial charge in [0.15, 0.2) is 5.78 Å². The molecule has 0 aliphatic carbocycles. The van der Waals surface area contributed by atoms with Crippen molar-refractivity contribution in [1.82, 2.24) is 15.1 Å². The lowest BCUT2D eigenvalue weighted by Gasteiger charge is -2.37. The van der Waals surface area contributed by atoms with E-state index in [1.807, 2.05) is 45.0 Å². The second-order valence-electron chi connectivity index (χ2n) is 11.5. The van der Waals surface area contributed by atoms with Crippen LogP contribution in [0.25, 0.3) is 0 Å². The molecule has 1 aromatic carbocycles. The van der Waals surface area contributed by atoms with E-state index in [1.165, 1.54) is 6.42 Å². The number of carbonyl (C=O) groups excluding carboxylic acids is 3. The SMILES string of the molecule is CCCN1CCN(c2ccc(C(=O)N[C@H](C(=O)N3C[C@H](CC)[C@H]4OCC(=O)[C@H]43)C(C)(C)CC)cc2)CC1. The molecular weight excluding hydrogens is 468 g/mol. The first-order valence-corrected chi connectivity index (χ1v) is 14.0. The minimum Gasteiger partial charge on any atom is -0.369 e. The summed E-state index contributed by atoms with van der Waals surface area (Å²) < 4.78 is 5.76. The molecule has 3 aliphatic rings. The van der Waals surface area contributed by atoms with Crippen LogP contribution in [0.4, 0.5) is 5.69 Å². The zero-order valence-corrected chi connectivity index (χ0v) is 23.2. The summed E-state index contributed by atoms with van der Waals surface area (Å²) in [6.45, 7) is 16.0. The van der Waals surface area contributed by atoms with Crippen LogP contribution in [0.1, 0.15) is 64.2 Å². The highest BCUT2D eigenvalue weighted by Crippen LogP contribution is 2.36. The standard InChI is InChI=1S/C29H44N4O4/c1-6-13-31-14-16-32(17-15-31)22-11-9-21(10-12-22)27(35)30-26(29(4,5)8-3)28(36)33-18-20(7-2)25-24(33)23(34)19-37-25/h9-12,20,24-26H,6-8,13-19H2,1-5H3,(H,30,35)/t20-,24+,25+,26+/m0/s1. The third kappa shape index (κ3) is 5.70. The van der Waals surface area contributed by atoms with E-state index in [2.05, 4.69) is 29.0 Å². The zero-order chi connectivity index (χ0) is 26.7. The largest absolute Gasteiger partial charge is 0.369 e. The fraction of sp³-hybridized carbons (Fsp3) is 0.690. The van der Waals surface area contributed by atoms with Gasteiger partial charge in [0.2, 0.25) is 5.91 Å². The third-order valence-electron chi connectivity index (χ3n) is 8.72. The van der Waals surface area contributed by atoms with Gasteiger partial charge in [-0.3, -0.25) is 19.3 Å². The molecule has 2 amide bonds. The van der Waals surface area contributed by atoms with Gasteiger partial charge in [0, 0.05) is 49.9 Å². The Bertz CT molecular complexity index is 971. The number of piperazine rings is 1. The number of Topliss-reactive ketones (excluding diaryl/α,β-unsaturated/α-hetero) is 1. The van der Waals surface area contributed by atoms with Gasteiger partial charge in [0.1, 0.15) is 18.7 Å². The number of hydrogen-bond donors (Lipinski definition) is 1. The van der Waals surface area contributed by atoms with Crippen molar-refractivity contribution in [3.8, 4) is 0 Å². The lowest BCUT2D eigenvalue weighted by atomic mass is 9.80. The molecule has 0 spiro atoms. The molecule has 0 saturated carbocycles. The molecule has 3 fully saturated rings. The highest BCUT2D eigenvalue weighted by molar-refractivity contribution is 5.99. The van der Waals surface area contributed by atoms with E-state index in [1.54, 1.807) is 4.90 Å². The maximum absolute atomic E-state index is 13.9. The summed E-state index contributed by atoms with van der Waals surface area (Å²) in [6.07, 6.45) is 2.48. The quantitative estimate of drug-likeness (QED) is 0.548. The summed E-state index contributed by atoms with van der Waals surface area (Å²) in [7, 11) is 0. The van der Waals surface area contributed by atoms with Crippen LogP contribution in [0.15, 0.2) is 24.3 Å². The Morgan fingerprint density at radius 2 is 1.76 bits per heavy atom. The molecule has 4 rings (SSSR count). The van der Waals surface area contributed by atoms with Crippen LogP contribution >= 0.6 is 0 Å². The van der Waals surface area contributed by atoms with Gasteiger partial charge in [0.05, 0.1) is 6.10 Å². The second-order valence-corrected chi connectivity index (χ2v) is 11.5. The van der Waals surface area contributed by atoms with E-state index in [9.17, 15) is 14.4 Å². The Hall–Kier alpha value is -2.45. The van der Waals surface area contributed by atoms with E-state index in [-0.39, 0.29) is 36.2 Å².